The number of nitrogens with zero attached hydrogens (tertiary/aromatic N) is 1. The van der Waals surface area contributed by atoms with Gasteiger partial charge in [0.1, 0.15) is 0 Å². The Hall–Kier alpha value is -2.62. The van der Waals surface area contributed by atoms with Crippen LogP contribution in [-0.4, -0.2) is 15.9 Å². The summed E-state index contributed by atoms with van der Waals surface area (Å²) in [7, 11) is 0. The van der Waals surface area contributed by atoms with Gasteiger partial charge in [-0.15, -0.1) is 0 Å². The fraction of sp³-hybridized carbons (Fsp3) is 0.263. The highest BCUT2D eigenvalue weighted by Gasteiger charge is 2.10. The van der Waals surface area contributed by atoms with Gasteiger partial charge in [-0.25, -0.2) is 0 Å². The van der Waals surface area contributed by atoms with E-state index in [9.17, 15) is 4.79 Å². The Bertz CT molecular complexity index is 779. The molecule has 23 heavy (non-hydrogen) atoms. The predicted octanol–water partition coefficient (Wildman–Crippen LogP) is 3.76. The Balaban J connectivity index is 1.50. The number of amides is 1. The number of fused-ring (bicyclic) bond motifs is 1. The molecule has 1 aromatic carbocycles. The van der Waals surface area contributed by atoms with Gasteiger partial charge in [0.2, 0.25) is 5.91 Å². The minimum atomic E-state index is 0.0126. The first-order chi connectivity index (χ1) is 11.2. The number of pyridine rings is 1. The molecule has 4 nitrogen and oxygen atoms in total. The van der Waals surface area contributed by atoms with Crippen LogP contribution in [0.5, 0.6) is 0 Å². The topological polar surface area (TPSA) is 57.8 Å². The van der Waals surface area contributed by atoms with Gasteiger partial charge in [-0.2, -0.15) is 0 Å². The zero-order valence-electron chi connectivity index (χ0n) is 13.3. The van der Waals surface area contributed by atoms with Gasteiger partial charge in [-0.3, -0.25) is 9.78 Å². The van der Waals surface area contributed by atoms with Gasteiger partial charge in [-0.1, -0.05) is 18.2 Å². The highest BCUT2D eigenvalue weighted by molar-refractivity contribution is 5.83. The van der Waals surface area contributed by atoms with Gasteiger partial charge in [-0.05, 0) is 49.1 Å². The van der Waals surface area contributed by atoms with Crippen molar-refractivity contribution < 1.29 is 4.79 Å². The van der Waals surface area contributed by atoms with Crippen LogP contribution in [0, 0.1) is 0 Å². The lowest BCUT2D eigenvalue weighted by Crippen LogP contribution is -2.26. The van der Waals surface area contributed by atoms with Crippen LogP contribution in [-0.2, 0) is 11.2 Å². The van der Waals surface area contributed by atoms with Crippen molar-refractivity contribution in [3.63, 3.8) is 0 Å². The zero-order chi connectivity index (χ0) is 16.1. The molecule has 2 aromatic heterocycles. The van der Waals surface area contributed by atoms with E-state index in [2.05, 4.69) is 27.4 Å². The molecule has 0 radical (unpaired) electrons. The summed E-state index contributed by atoms with van der Waals surface area (Å²) in [5.41, 5.74) is 3.50. The van der Waals surface area contributed by atoms with E-state index < -0.39 is 0 Å². The molecule has 1 amide bonds. The maximum absolute atomic E-state index is 12.1. The highest BCUT2D eigenvalue weighted by Crippen LogP contribution is 2.19. The largest absolute Gasteiger partial charge is 0.361 e. The third-order valence-electron chi connectivity index (χ3n) is 4.11. The summed E-state index contributed by atoms with van der Waals surface area (Å²) in [6.07, 6.45) is 7.82. The zero-order valence-corrected chi connectivity index (χ0v) is 13.3. The predicted molar refractivity (Wildman–Crippen MR) is 92.0 cm³/mol. The second-order valence-electron chi connectivity index (χ2n) is 5.78. The molecular weight excluding hydrogens is 286 g/mol. The van der Waals surface area contributed by atoms with Crippen LogP contribution in [0.25, 0.3) is 10.9 Å². The average Bonchev–Trinajstić information content (AvgIpc) is 2.99. The number of hydrogen-bond donors (Lipinski definition) is 2. The smallest absolute Gasteiger partial charge is 0.220 e. The summed E-state index contributed by atoms with van der Waals surface area (Å²) in [5.74, 6) is 0.0918. The molecule has 1 unspecified atom stereocenters. The van der Waals surface area contributed by atoms with E-state index in [4.69, 9.17) is 0 Å². The van der Waals surface area contributed by atoms with Crippen molar-refractivity contribution >= 4 is 16.8 Å². The van der Waals surface area contributed by atoms with E-state index in [0.29, 0.717) is 6.42 Å². The van der Waals surface area contributed by atoms with Gasteiger partial charge in [0, 0.05) is 35.9 Å². The number of para-hydroxylation sites is 1. The molecule has 0 saturated heterocycles. The van der Waals surface area contributed by atoms with Crippen LogP contribution in [0.3, 0.4) is 0 Å². The third kappa shape index (κ3) is 3.77. The average molecular weight is 307 g/mol. The third-order valence-corrected chi connectivity index (χ3v) is 4.11. The van der Waals surface area contributed by atoms with E-state index in [1.807, 2.05) is 37.4 Å². The molecule has 3 rings (SSSR count). The number of aromatic amines is 1. The first-order valence-corrected chi connectivity index (χ1v) is 7.98. The van der Waals surface area contributed by atoms with Crippen molar-refractivity contribution in [2.45, 2.75) is 32.2 Å². The molecule has 0 saturated carbocycles. The Morgan fingerprint density at radius 3 is 2.83 bits per heavy atom. The van der Waals surface area contributed by atoms with E-state index in [1.54, 1.807) is 12.4 Å². The minimum Gasteiger partial charge on any atom is -0.361 e. The quantitative estimate of drug-likeness (QED) is 0.728. The fourth-order valence-electron chi connectivity index (χ4n) is 2.83. The second-order valence-corrected chi connectivity index (χ2v) is 5.78. The van der Waals surface area contributed by atoms with Gasteiger partial charge in [0.15, 0.2) is 0 Å². The van der Waals surface area contributed by atoms with Gasteiger partial charge in [0.25, 0.3) is 0 Å². The van der Waals surface area contributed by atoms with Crippen molar-refractivity contribution in [3.8, 4) is 0 Å². The number of aromatic nitrogens is 2. The van der Waals surface area contributed by atoms with Crippen molar-refractivity contribution in [1.82, 2.24) is 15.3 Å². The normalized spacial score (nSPS) is 12.2. The number of hydrogen-bond acceptors (Lipinski definition) is 2. The number of carbonyl (C=O) groups is 1. The fourth-order valence-corrected chi connectivity index (χ4v) is 2.83. The summed E-state index contributed by atoms with van der Waals surface area (Å²) in [4.78, 5) is 19.4. The number of H-pyrrole nitrogens is 1. The molecule has 2 N–H and O–H groups in total. The first-order valence-electron chi connectivity index (χ1n) is 7.98. The molecule has 0 fully saturated rings. The number of carbonyl (C=O) groups excluding carboxylic acids is 1. The van der Waals surface area contributed by atoms with Crippen LogP contribution in [0.4, 0.5) is 0 Å². The maximum Gasteiger partial charge on any atom is 0.220 e. The number of nitrogens with one attached hydrogen (secondary N) is 2. The lowest BCUT2D eigenvalue weighted by atomic mass is 10.1. The minimum absolute atomic E-state index is 0.0126. The SMILES string of the molecule is CC(NC(=O)CCCc1c[nH]c2ccccc12)c1ccncc1. The number of benzene rings is 1. The molecule has 0 aliphatic heterocycles. The van der Waals surface area contributed by atoms with Crippen LogP contribution in [0.1, 0.15) is 36.9 Å². The van der Waals surface area contributed by atoms with Gasteiger partial charge in [0.05, 0.1) is 6.04 Å². The van der Waals surface area contributed by atoms with Crippen molar-refractivity contribution in [2.24, 2.45) is 0 Å². The lowest BCUT2D eigenvalue weighted by Gasteiger charge is -2.13. The monoisotopic (exact) mass is 307 g/mol. The van der Waals surface area contributed by atoms with E-state index >= 15 is 0 Å². The van der Waals surface area contributed by atoms with Crippen molar-refractivity contribution in [2.75, 3.05) is 0 Å². The summed E-state index contributed by atoms with van der Waals surface area (Å²) >= 11 is 0. The van der Waals surface area contributed by atoms with E-state index in [-0.39, 0.29) is 11.9 Å². The molecule has 1 atom stereocenters. The standard InChI is InChI=1S/C19H21N3O/c1-14(15-9-11-20-12-10-15)22-19(23)8-4-5-16-13-21-18-7-3-2-6-17(16)18/h2-3,6-7,9-14,21H,4-5,8H2,1H3,(H,22,23). The number of rotatable bonds is 6. The van der Waals surface area contributed by atoms with E-state index in [1.165, 1.54) is 10.9 Å². The molecule has 2 heterocycles. The van der Waals surface area contributed by atoms with Gasteiger partial charge >= 0.3 is 0 Å². The Morgan fingerprint density at radius 2 is 2.00 bits per heavy atom. The molecule has 4 heteroatoms. The summed E-state index contributed by atoms with van der Waals surface area (Å²) in [5, 5.41) is 4.29. The maximum atomic E-state index is 12.1. The Morgan fingerprint density at radius 1 is 1.22 bits per heavy atom. The Kier molecular flexibility index (Phi) is 4.71. The first kappa shape index (κ1) is 15.3. The molecule has 3 aromatic rings. The van der Waals surface area contributed by atoms with E-state index in [0.717, 1.165) is 23.9 Å². The molecule has 0 aliphatic carbocycles. The van der Waals surface area contributed by atoms with Crippen LogP contribution >= 0.6 is 0 Å². The summed E-state index contributed by atoms with van der Waals surface area (Å²) in [6.45, 7) is 1.99. The Labute approximate surface area is 136 Å². The van der Waals surface area contributed by atoms with Crippen LogP contribution in [0.2, 0.25) is 0 Å². The summed E-state index contributed by atoms with van der Waals surface area (Å²) in [6, 6.07) is 12.1. The highest BCUT2D eigenvalue weighted by atomic mass is 16.1. The van der Waals surface area contributed by atoms with Crippen LogP contribution < -0.4 is 5.32 Å². The molecule has 0 spiro atoms. The molecule has 0 aliphatic rings. The molecule has 118 valence electrons. The van der Waals surface area contributed by atoms with Crippen molar-refractivity contribution in [3.05, 3.63) is 66.1 Å². The molecular formula is C19H21N3O. The van der Waals surface area contributed by atoms with Crippen LogP contribution in [0.15, 0.2) is 55.0 Å². The van der Waals surface area contributed by atoms with Crippen molar-refractivity contribution in [1.29, 1.82) is 0 Å². The molecule has 0 bridgehead atoms. The summed E-state index contributed by atoms with van der Waals surface area (Å²) < 4.78 is 0. The second kappa shape index (κ2) is 7.09. The number of aryl methyl sites for hydroxylation is 1. The van der Waals surface area contributed by atoms with Gasteiger partial charge < -0.3 is 10.3 Å². The lowest BCUT2D eigenvalue weighted by molar-refractivity contribution is -0.121.